The van der Waals surface area contributed by atoms with Crippen molar-refractivity contribution >= 4 is 0 Å². The molecule has 0 spiro atoms. The zero-order valence-corrected chi connectivity index (χ0v) is 7.34. The van der Waals surface area contributed by atoms with Crippen molar-refractivity contribution in [1.29, 1.82) is 0 Å². The summed E-state index contributed by atoms with van der Waals surface area (Å²) in [4.78, 5) is 11.1. The van der Waals surface area contributed by atoms with Crippen molar-refractivity contribution < 1.29 is 4.52 Å². The lowest BCUT2D eigenvalue weighted by molar-refractivity contribution is 0.284. The van der Waals surface area contributed by atoms with E-state index in [4.69, 9.17) is 4.52 Å². The van der Waals surface area contributed by atoms with Crippen LogP contribution in [0.1, 0.15) is 26.3 Å². The molecule has 0 amide bonds. The SMILES string of the molecule is Cn1cc(C(C)(C)C)c(=O)o1. The second kappa shape index (κ2) is 2.26. The summed E-state index contributed by atoms with van der Waals surface area (Å²) in [6, 6.07) is 0. The van der Waals surface area contributed by atoms with Gasteiger partial charge in [0, 0.05) is 13.2 Å². The number of hydrogen-bond acceptors (Lipinski definition) is 2. The third-order valence-corrected chi connectivity index (χ3v) is 1.57. The van der Waals surface area contributed by atoms with E-state index in [1.807, 2.05) is 20.8 Å². The normalized spacial score (nSPS) is 12.0. The second-order valence-electron chi connectivity index (χ2n) is 3.72. The molecule has 0 saturated heterocycles. The van der Waals surface area contributed by atoms with E-state index >= 15 is 0 Å². The number of hydrogen-bond donors (Lipinski definition) is 0. The molecule has 0 atom stereocenters. The summed E-state index contributed by atoms with van der Waals surface area (Å²) in [5, 5.41) is 0. The van der Waals surface area contributed by atoms with Crippen LogP contribution >= 0.6 is 0 Å². The van der Waals surface area contributed by atoms with E-state index in [9.17, 15) is 4.79 Å². The molecular formula is C8H13NO2. The Hall–Kier alpha value is -0.990. The van der Waals surface area contributed by atoms with Gasteiger partial charge in [0.1, 0.15) is 0 Å². The van der Waals surface area contributed by atoms with Gasteiger partial charge in [0.05, 0.1) is 5.56 Å². The standard InChI is InChI=1S/C8H13NO2/c1-8(2,3)6-5-9(4)11-7(6)10/h5H,1-4H3. The zero-order valence-electron chi connectivity index (χ0n) is 7.34. The lowest BCUT2D eigenvalue weighted by atomic mass is 9.90. The molecule has 0 fully saturated rings. The van der Waals surface area contributed by atoms with E-state index in [2.05, 4.69) is 0 Å². The fourth-order valence-electron chi connectivity index (χ4n) is 0.941. The van der Waals surface area contributed by atoms with Crippen LogP contribution in [0.3, 0.4) is 0 Å². The molecule has 0 aliphatic carbocycles. The Bertz CT molecular complexity index is 301. The van der Waals surface area contributed by atoms with Crippen LogP contribution in [0.4, 0.5) is 0 Å². The van der Waals surface area contributed by atoms with Crippen LogP contribution < -0.4 is 5.63 Å². The Kier molecular flexibility index (Phi) is 1.66. The fourth-order valence-corrected chi connectivity index (χ4v) is 0.941. The molecule has 0 bridgehead atoms. The topological polar surface area (TPSA) is 35.1 Å². The van der Waals surface area contributed by atoms with E-state index in [0.717, 1.165) is 5.56 Å². The van der Waals surface area contributed by atoms with Gasteiger partial charge in [0.2, 0.25) is 0 Å². The lowest BCUT2D eigenvalue weighted by Crippen LogP contribution is -2.18. The van der Waals surface area contributed by atoms with E-state index in [0.29, 0.717) is 0 Å². The van der Waals surface area contributed by atoms with Gasteiger partial charge in [-0.05, 0) is 5.41 Å². The summed E-state index contributed by atoms with van der Waals surface area (Å²) in [5.41, 5.74) is 0.363. The highest BCUT2D eigenvalue weighted by Crippen LogP contribution is 2.17. The molecule has 3 heteroatoms. The first-order valence-corrected chi connectivity index (χ1v) is 3.58. The van der Waals surface area contributed by atoms with Gasteiger partial charge in [-0.2, -0.15) is 0 Å². The first kappa shape index (κ1) is 8.11. The first-order valence-electron chi connectivity index (χ1n) is 3.58. The Morgan fingerprint density at radius 1 is 1.45 bits per heavy atom. The van der Waals surface area contributed by atoms with Crippen molar-refractivity contribution in [2.45, 2.75) is 26.2 Å². The summed E-state index contributed by atoms with van der Waals surface area (Å²) >= 11 is 0. The summed E-state index contributed by atoms with van der Waals surface area (Å²) < 4.78 is 6.24. The quantitative estimate of drug-likeness (QED) is 0.565. The highest BCUT2D eigenvalue weighted by atomic mass is 16.5. The molecule has 11 heavy (non-hydrogen) atoms. The van der Waals surface area contributed by atoms with Crippen LogP contribution in [0.2, 0.25) is 0 Å². The van der Waals surface area contributed by atoms with Crippen molar-refractivity contribution in [1.82, 2.24) is 4.74 Å². The van der Waals surface area contributed by atoms with Crippen LogP contribution in [-0.4, -0.2) is 4.74 Å². The highest BCUT2D eigenvalue weighted by Gasteiger charge is 2.20. The Morgan fingerprint density at radius 3 is 2.18 bits per heavy atom. The molecule has 62 valence electrons. The smallest absolute Gasteiger partial charge is 0.336 e. The van der Waals surface area contributed by atoms with Crippen LogP contribution in [0.25, 0.3) is 0 Å². The van der Waals surface area contributed by atoms with Gasteiger partial charge in [-0.3, -0.25) is 0 Å². The van der Waals surface area contributed by atoms with Crippen LogP contribution in [-0.2, 0) is 12.5 Å². The molecule has 0 radical (unpaired) electrons. The summed E-state index contributed by atoms with van der Waals surface area (Å²) in [7, 11) is 1.70. The fraction of sp³-hybridized carbons (Fsp3) is 0.625. The van der Waals surface area contributed by atoms with Gasteiger partial charge in [-0.15, -0.1) is 0 Å². The van der Waals surface area contributed by atoms with Gasteiger partial charge >= 0.3 is 5.63 Å². The Balaban J connectivity index is 3.25. The minimum absolute atomic E-state index is 0.123. The largest absolute Gasteiger partial charge is 0.361 e. The van der Waals surface area contributed by atoms with Crippen molar-refractivity contribution in [2.75, 3.05) is 0 Å². The molecule has 1 aromatic heterocycles. The van der Waals surface area contributed by atoms with Crippen molar-refractivity contribution in [2.24, 2.45) is 7.05 Å². The van der Waals surface area contributed by atoms with E-state index < -0.39 is 0 Å². The summed E-state index contributed by atoms with van der Waals surface area (Å²) in [5.74, 6) is 0. The van der Waals surface area contributed by atoms with Gasteiger partial charge in [0.15, 0.2) is 0 Å². The number of aryl methyl sites for hydroxylation is 1. The van der Waals surface area contributed by atoms with Crippen molar-refractivity contribution in [3.63, 3.8) is 0 Å². The van der Waals surface area contributed by atoms with Crippen molar-refractivity contribution in [3.8, 4) is 0 Å². The third kappa shape index (κ3) is 1.53. The van der Waals surface area contributed by atoms with Gasteiger partial charge in [-0.25, -0.2) is 9.53 Å². The molecule has 0 unspecified atom stereocenters. The number of rotatable bonds is 0. The molecule has 3 nitrogen and oxygen atoms in total. The molecule has 1 aromatic rings. The molecule has 0 saturated carbocycles. The maximum absolute atomic E-state index is 11.1. The van der Waals surface area contributed by atoms with E-state index in [1.165, 1.54) is 4.74 Å². The highest BCUT2D eigenvalue weighted by molar-refractivity contribution is 5.13. The molecule has 1 heterocycles. The van der Waals surface area contributed by atoms with Crippen molar-refractivity contribution in [3.05, 3.63) is 22.2 Å². The predicted molar refractivity (Wildman–Crippen MR) is 42.6 cm³/mol. The average Bonchev–Trinajstić information content (AvgIpc) is 2.08. The number of nitrogens with zero attached hydrogens (tertiary/aromatic N) is 1. The van der Waals surface area contributed by atoms with Crippen LogP contribution in [0, 0.1) is 0 Å². The molecular weight excluding hydrogens is 142 g/mol. The minimum Gasteiger partial charge on any atom is -0.336 e. The monoisotopic (exact) mass is 155 g/mol. The van der Waals surface area contributed by atoms with Gasteiger partial charge in [-0.1, -0.05) is 20.8 Å². The molecule has 0 aliphatic heterocycles. The Labute approximate surface area is 65.6 Å². The zero-order chi connectivity index (χ0) is 8.65. The minimum atomic E-state index is -0.236. The van der Waals surface area contributed by atoms with Crippen LogP contribution in [0.15, 0.2) is 15.5 Å². The summed E-state index contributed by atoms with van der Waals surface area (Å²) in [6.07, 6.45) is 1.72. The van der Waals surface area contributed by atoms with Gasteiger partial charge in [0.25, 0.3) is 0 Å². The number of aromatic nitrogens is 1. The average molecular weight is 155 g/mol. The summed E-state index contributed by atoms with van der Waals surface area (Å²) in [6.45, 7) is 5.96. The molecule has 1 rings (SSSR count). The second-order valence-corrected chi connectivity index (χ2v) is 3.72. The molecule has 0 N–H and O–H groups in total. The predicted octanol–water partition coefficient (Wildman–Crippen LogP) is 1.28. The maximum atomic E-state index is 11.1. The molecule has 0 aromatic carbocycles. The van der Waals surface area contributed by atoms with E-state index in [-0.39, 0.29) is 11.0 Å². The van der Waals surface area contributed by atoms with Crippen LogP contribution in [0.5, 0.6) is 0 Å². The van der Waals surface area contributed by atoms with Gasteiger partial charge < -0.3 is 4.52 Å². The third-order valence-electron chi connectivity index (χ3n) is 1.57. The first-order chi connectivity index (χ1) is 4.91. The van der Waals surface area contributed by atoms with E-state index in [1.54, 1.807) is 13.2 Å². The lowest BCUT2D eigenvalue weighted by Gasteiger charge is -2.12. The Morgan fingerprint density at radius 2 is 2.00 bits per heavy atom. The molecule has 0 aliphatic rings. The maximum Gasteiger partial charge on any atom is 0.361 e.